The monoisotopic (exact) mass is 350 g/mol. The van der Waals surface area contributed by atoms with Crippen LogP contribution in [0.15, 0.2) is 33.3 Å². The molecule has 4 heteroatoms. The van der Waals surface area contributed by atoms with Crippen LogP contribution in [0.3, 0.4) is 0 Å². The van der Waals surface area contributed by atoms with E-state index in [1.807, 2.05) is 24.3 Å². The maximum atomic E-state index is 5.95. The summed E-state index contributed by atoms with van der Waals surface area (Å²) in [6.07, 6.45) is 8.55. The fourth-order valence-corrected chi connectivity index (χ4v) is 2.93. The summed E-state index contributed by atoms with van der Waals surface area (Å²) in [6.45, 7) is 2.24. The summed E-state index contributed by atoms with van der Waals surface area (Å²) in [4.78, 5) is 0. The zero-order valence-corrected chi connectivity index (χ0v) is 14.2. The molecule has 2 aromatic rings. The summed E-state index contributed by atoms with van der Waals surface area (Å²) >= 11 is 3.49. The highest BCUT2D eigenvalue weighted by atomic mass is 79.9. The summed E-state index contributed by atoms with van der Waals surface area (Å²) < 4.78 is 6.23. The van der Waals surface area contributed by atoms with Gasteiger partial charge in [0.05, 0.1) is 11.3 Å². The largest absolute Gasteiger partial charge is 0.367 e. The minimum absolute atomic E-state index is 0.411. The molecule has 2 N–H and O–H groups in total. The number of aromatic nitrogens is 1. The molecule has 21 heavy (non-hydrogen) atoms. The molecule has 0 amide bonds. The van der Waals surface area contributed by atoms with Gasteiger partial charge in [-0.25, -0.2) is 0 Å². The zero-order chi connectivity index (χ0) is 15.1. The van der Waals surface area contributed by atoms with Gasteiger partial charge in [0.2, 0.25) is 5.88 Å². The van der Waals surface area contributed by atoms with Crippen LogP contribution in [0.1, 0.15) is 51.1 Å². The van der Waals surface area contributed by atoms with Crippen molar-refractivity contribution in [2.75, 3.05) is 5.73 Å². The van der Waals surface area contributed by atoms with Crippen molar-refractivity contribution in [1.82, 2.24) is 5.16 Å². The van der Waals surface area contributed by atoms with Crippen molar-refractivity contribution in [3.8, 4) is 11.1 Å². The van der Waals surface area contributed by atoms with Crippen LogP contribution in [0.25, 0.3) is 11.1 Å². The third-order valence-electron chi connectivity index (χ3n) is 3.67. The predicted molar refractivity (Wildman–Crippen MR) is 91.1 cm³/mol. The molecular formula is C17H23BrN2O. The van der Waals surface area contributed by atoms with Gasteiger partial charge in [-0.3, -0.25) is 0 Å². The molecule has 0 fully saturated rings. The summed E-state index contributed by atoms with van der Waals surface area (Å²) in [5.74, 6) is 0.411. The first-order valence-corrected chi connectivity index (χ1v) is 8.51. The van der Waals surface area contributed by atoms with Crippen molar-refractivity contribution < 1.29 is 4.52 Å². The number of anilines is 1. The maximum Gasteiger partial charge on any atom is 0.230 e. The van der Waals surface area contributed by atoms with Crippen molar-refractivity contribution in [3.63, 3.8) is 0 Å². The number of nitrogens with two attached hydrogens (primary N) is 1. The summed E-state index contributed by atoms with van der Waals surface area (Å²) in [5, 5.41) is 4.14. The van der Waals surface area contributed by atoms with Crippen molar-refractivity contribution in [3.05, 3.63) is 34.4 Å². The van der Waals surface area contributed by atoms with Crippen LogP contribution in [0.5, 0.6) is 0 Å². The van der Waals surface area contributed by atoms with E-state index in [4.69, 9.17) is 10.3 Å². The number of nitrogens with zero attached hydrogens (tertiary/aromatic N) is 1. The Kier molecular flexibility index (Phi) is 6.30. The van der Waals surface area contributed by atoms with E-state index in [0.29, 0.717) is 5.88 Å². The average molecular weight is 351 g/mol. The van der Waals surface area contributed by atoms with Crippen LogP contribution in [0, 0.1) is 0 Å². The van der Waals surface area contributed by atoms with E-state index in [1.165, 1.54) is 32.1 Å². The van der Waals surface area contributed by atoms with Gasteiger partial charge < -0.3 is 10.3 Å². The molecule has 1 heterocycles. The normalized spacial score (nSPS) is 11.0. The van der Waals surface area contributed by atoms with Gasteiger partial charge in [-0.15, -0.1) is 0 Å². The van der Waals surface area contributed by atoms with E-state index in [-0.39, 0.29) is 0 Å². The molecule has 0 atom stereocenters. The van der Waals surface area contributed by atoms with E-state index in [2.05, 4.69) is 28.0 Å². The van der Waals surface area contributed by atoms with Crippen molar-refractivity contribution in [2.24, 2.45) is 0 Å². The molecular weight excluding hydrogens is 328 g/mol. The summed E-state index contributed by atoms with van der Waals surface area (Å²) in [5.41, 5.74) is 8.93. The Hall–Kier alpha value is -1.29. The number of unbranched alkanes of at least 4 members (excludes halogenated alkanes) is 5. The Balaban J connectivity index is 1.98. The van der Waals surface area contributed by atoms with Gasteiger partial charge in [-0.2, -0.15) is 0 Å². The first kappa shape index (κ1) is 16.1. The van der Waals surface area contributed by atoms with Crippen molar-refractivity contribution in [2.45, 2.75) is 51.9 Å². The fourth-order valence-electron chi connectivity index (χ4n) is 2.53. The second kappa shape index (κ2) is 8.23. The number of benzene rings is 1. The van der Waals surface area contributed by atoms with Crippen LogP contribution in [-0.2, 0) is 6.42 Å². The Morgan fingerprint density at radius 1 is 1.14 bits per heavy atom. The average Bonchev–Trinajstić information content (AvgIpc) is 2.84. The molecule has 2 rings (SSSR count). The predicted octanol–water partition coefficient (Wildman–Crippen LogP) is 5.59. The molecule has 0 aliphatic carbocycles. The van der Waals surface area contributed by atoms with E-state index in [9.17, 15) is 0 Å². The van der Waals surface area contributed by atoms with Crippen LogP contribution in [0.2, 0.25) is 0 Å². The second-order valence-corrected chi connectivity index (χ2v) is 6.31. The van der Waals surface area contributed by atoms with Crippen molar-refractivity contribution >= 4 is 21.8 Å². The summed E-state index contributed by atoms with van der Waals surface area (Å²) in [6, 6.07) is 8.09. The highest BCUT2D eigenvalue weighted by Gasteiger charge is 2.15. The van der Waals surface area contributed by atoms with Gasteiger partial charge in [-0.05, 0) is 30.5 Å². The molecule has 0 spiro atoms. The minimum Gasteiger partial charge on any atom is -0.367 e. The standard InChI is InChI=1S/C17H23BrN2O/c1-2-3-4-5-6-7-11-15-16(17(19)21-20-15)13-9-8-10-14(18)12-13/h8-10,12H,2-7,11,19H2,1H3. The van der Waals surface area contributed by atoms with E-state index in [0.717, 1.165) is 34.1 Å². The van der Waals surface area contributed by atoms with Gasteiger partial charge in [0.15, 0.2) is 0 Å². The van der Waals surface area contributed by atoms with Crippen LogP contribution in [-0.4, -0.2) is 5.16 Å². The lowest BCUT2D eigenvalue weighted by Crippen LogP contribution is -1.92. The first-order chi connectivity index (χ1) is 10.2. The molecule has 0 saturated heterocycles. The molecule has 0 saturated carbocycles. The number of rotatable bonds is 8. The van der Waals surface area contributed by atoms with E-state index in [1.54, 1.807) is 0 Å². The molecule has 3 nitrogen and oxygen atoms in total. The Morgan fingerprint density at radius 3 is 2.67 bits per heavy atom. The van der Waals surface area contributed by atoms with Crippen LogP contribution in [0.4, 0.5) is 5.88 Å². The molecule has 1 aromatic heterocycles. The minimum atomic E-state index is 0.411. The topological polar surface area (TPSA) is 52.0 Å². The molecule has 0 bridgehead atoms. The third-order valence-corrected chi connectivity index (χ3v) is 4.16. The van der Waals surface area contributed by atoms with Gasteiger partial charge in [0.25, 0.3) is 0 Å². The Morgan fingerprint density at radius 2 is 1.90 bits per heavy atom. The highest BCUT2D eigenvalue weighted by Crippen LogP contribution is 2.32. The summed E-state index contributed by atoms with van der Waals surface area (Å²) in [7, 11) is 0. The number of hydrogen-bond donors (Lipinski definition) is 1. The number of hydrogen-bond acceptors (Lipinski definition) is 3. The molecule has 0 aliphatic heterocycles. The van der Waals surface area contributed by atoms with Crippen LogP contribution < -0.4 is 5.73 Å². The maximum absolute atomic E-state index is 5.95. The molecule has 0 aliphatic rings. The van der Waals surface area contributed by atoms with Crippen molar-refractivity contribution in [1.29, 1.82) is 0 Å². The number of nitrogen functional groups attached to an aromatic ring is 1. The number of halogens is 1. The highest BCUT2D eigenvalue weighted by molar-refractivity contribution is 9.10. The SMILES string of the molecule is CCCCCCCCc1noc(N)c1-c1cccc(Br)c1. The van der Waals surface area contributed by atoms with Gasteiger partial charge in [0.1, 0.15) is 0 Å². The fraction of sp³-hybridized carbons (Fsp3) is 0.471. The third kappa shape index (κ3) is 4.60. The lowest BCUT2D eigenvalue weighted by Gasteiger charge is -2.04. The Labute approximate surface area is 135 Å². The zero-order valence-electron chi connectivity index (χ0n) is 12.6. The molecule has 0 radical (unpaired) electrons. The van der Waals surface area contributed by atoms with Gasteiger partial charge >= 0.3 is 0 Å². The lowest BCUT2D eigenvalue weighted by molar-refractivity contribution is 0.425. The number of aryl methyl sites for hydroxylation is 1. The van der Waals surface area contributed by atoms with Crippen LogP contribution >= 0.6 is 15.9 Å². The molecule has 114 valence electrons. The van der Waals surface area contributed by atoms with E-state index >= 15 is 0 Å². The van der Waals surface area contributed by atoms with Gasteiger partial charge in [0, 0.05) is 4.47 Å². The second-order valence-electron chi connectivity index (χ2n) is 5.40. The van der Waals surface area contributed by atoms with E-state index < -0.39 is 0 Å². The Bertz CT molecular complexity index is 566. The van der Waals surface area contributed by atoms with Gasteiger partial charge in [-0.1, -0.05) is 72.2 Å². The quantitative estimate of drug-likeness (QED) is 0.631. The lowest BCUT2D eigenvalue weighted by atomic mass is 10.0. The molecule has 1 aromatic carbocycles. The first-order valence-electron chi connectivity index (χ1n) is 7.72. The molecule has 0 unspecified atom stereocenters. The smallest absolute Gasteiger partial charge is 0.230 e.